The summed E-state index contributed by atoms with van der Waals surface area (Å²) in [6.45, 7) is 4.19. The fourth-order valence-corrected chi connectivity index (χ4v) is 3.29. The van der Waals surface area contributed by atoms with Crippen LogP contribution in [0.25, 0.3) is 0 Å². The van der Waals surface area contributed by atoms with E-state index in [9.17, 15) is 15.0 Å². The van der Waals surface area contributed by atoms with Crippen molar-refractivity contribution in [3.8, 4) is 11.5 Å². The number of aliphatic hydroxyl groups excluding tert-OH is 1. The summed E-state index contributed by atoms with van der Waals surface area (Å²) in [5.74, 6) is 0.913. The molecule has 3 atom stereocenters. The second-order valence-electron chi connectivity index (χ2n) is 7.51. The van der Waals surface area contributed by atoms with E-state index in [1.54, 1.807) is 19.2 Å². The van der Waals surface area contributed by atoms with Crippen LogP contribution in [-0.2, 0) is 16.0 Å². The summed E-state index contributed by atoms with van der Waals surface area (Å²) in [5, 5.41) is 23.3. The zero-order valence-corrected chi connectivity index (χ0v) is 18.6. The number of carbonyl (C=O) groups is 1. The van der Waals surface area contributed by atoms with Gasteiger partial charge in [-0.25, -0.2) is 0 Å². The predicted octanol–water partition coefficient (Wildman–Crippen LogP) is 2.36. The van der Waals surface area contributed by atoms with Crippen molar-refractivity contribution in [1.29, 1.82) is 0 Å². The summed E-state index contributed by atoms with van der Waals surface area (Å²) in [7, 11) is 3.13. The molecule has 0 aliphatic heterocycles. The third-order valence-electron chi connectivity index (χ3n) is 5.16. The second-order valence-corrected chi connectivity index (χ2v) is 7.51. The van der Waals surface area contributed by atoms with Crippen molar-refractivity contribution in [3.05, 3.63) is 23.8 Å². The lowest BCUT2D eigenvalue weighted by Crippen LogP contribution is -2.35. The zero-order valence-electron chi connectivity index (χ0n) is 18.6. The Morgan fingerprint density at radius 1 is 1.30 bits per heavy atom. The molecule has 0 aromatic heterocycles. The van der Waals surface area contributed by atoms with Crippen molar-refractivity contribution in [2.75, 3.05) is 20.7 Å². The molecule has 0 aliphatic carbocycles. The maximum atomic E-state index is 11.5. The van der Waals surface area contributed by atoms with E-state index in [0.29, 0.717) is 49.9 Å². The van der Waals surface area contributed by atoms with Crippen molar-refractivity contribution in [2.45, 2.75) is 64.6 Å². The number of aromatic hydroxyl groups is 1. The van der Waals surface area contributed by atoms with Gasteiger partial charge in [-0.3, -0.25) is 9.79 Å². The van der Waals surface area contributed by atoms with Crippen LogP contribution in [0.2, 0.25) is 0 Å². The molecule has 30 heavy (non-hydrogen) atoms. The van der Waals surface area contributed by atoms with Crippen LogP contribution in [0.15, 0.2) is 23.2 Å². The Morgan fingerprint density at radius 3 is 2.63 bits per heavy atom. The summed E-state index contributed by atoms with van der Waals surface area (Å²) < 4.78 is 10.6. The molecule has 0 unspecified atom stereocenters. The van der Waals surface area contributed by atoms with Crippen LogP contribution in [0, 0.1) is 5.92 Å². The van der Waals surface area contributed by atoms with Crippen molar-refractivity contribution in [1.82, 2.24) is 5.32 Å². The summed E-state index contributed by atoms with van der Waals surface area (Å²) >= 11 is 0. The molecule has 0 saturated carbocycles. The number of nitrogens with zero attached hydrogens (tertiary/aromatic N) is 1. The van der Waals surface area contributed by atoms with Crippen LogP contribution in [0.4, 0.5) is 0 Å². The summed E-state index contributed by atoms with van der Waals surface area (Å²) in [5.41, 5.74) is 6.63. The van der Waals surface area contributed by atoms with E-state index in [1.807, 2.05) is 6.07 Å². The number of nitrogens with one attached hydrogen (secondary N) is 1. The maximum absolute atomic E-state index is 11.5. The van der Waals surface area contributed by atoms with Crippen molar-refractivity contribution >= 4 is 11.9 Å². The van der Waals surface area contributed by atoms with E-state index in [1.165, 1.54) is 14.0 Å². The third kappa shape index (κ3) is 9.82. The number of ether oxygens (including phenoxy) is 2. The quantitative estimate of drug-likeness (QED) is 0.218. The molecule has 0 radical (unpaired) electrons. The summed E-state index contributed by atoms with van der Waals surface area (Å²) in [6, 6.07) is 5.16. The lowest BCUT2D eigenvalue weighted by atomic mass is 9.95. The van der Waals surface area contributed by atoms with Gasteiger partial charge in [0.25, 0.3) is 0 Å². The molecule has 0 spiro atoms. The topological polar surface area (TPSA) is 126 Å². The molecular formula is C22H37N3O5. The molecule has 0 amide bonds. The number of rotatable bonds is 13. The van der Waals surface area contributed by atoms with Crippen LogP contribution < -0.4 is 15.8 Å². The highest BCUT2D eigenvalue weighted by molar-refractivity contribution is 5.77. The normalized spacial score (nSPS) is 14.6. The number of aliphatic imine (C=N–C) groups is 1. The van der Waals surface area contributed by atoms with Gasteiger partial charge in [0.05, 0.1) is 13.2 Å². The summed E-state index contributed by atoms with van der Waals surface area (Å²) in [4.78, 5) is 15.4. The average molecular weight is 424 g/mol. The van der Waals surface area contributed by atoms with Crippen LogP contribution in [0.5, 0.6) is 11.5 Å². The van der Waals surface area contributed by atoms with Gasteiger partial charge in [-0.2, -0.15) is 0 Å². The lowest BCUT2D eigenvalue weighted by molar-refractivity contribution is -0.148. The third-order valence-corrected chi connectivity index (χ3v) is 5.16. The fourth-order valence-electron chi connectivity index (χ4n) is 3.29. The highest BCUT2D eigenvalue weighted by Gasteiger charge is 2.19. The highest BCUT2D eigenvalue weighted by Crippen LogP contribution is 2.27. The first kappa shape index (κ1) is 25.6. The van der Waals surface area contributed by atoms with Gasteiger partial charge in [0.1, 0.15) is 6.10 Å². The first-order valence-electron chi connectivity index (χ1n) is 10.5. The minimum atomic E-state index is -0.560. The minimum absolute atomic E-state index is 0.0835. The van der Waals surface area contributed by atoms with E-state index in [2.05, 4.69) is 17.2 Å². The number of benzene rings is 1. The van der Waals surface area contributed by atoms with Crippen LogP contribution in [0.1, 0.15) is 51.5 Å². The van der Waals surface area contributed by atoms with Crippen molar-refractivity contribution in [2.24, 2.45) is 16.6 Å². The predicted molar refractivity (Wildman–Crippen MR) is 118 cm³/mol. The first-order valence-corrected chi connectivity index (χ1v) is 10.5. The van der Waals surface area contributed by atoms with Gasteiger partial charge >= 0.3 is 5.97 Å². The Hall–Kier alpha value is -2.48. The largest absolute Gasteiger partial charge is 0.504 e. The number of nitrogens with two attached hydrogens (primary N) is 1. The number of hydrogen-bond donors (Lipinski definition) is 4. The minimum Gasteiger partial charge on any atom is -0.504 e. The van der Waals surface area contributed by atoms with Gasteiger partial charge in [0, 0.05) is 26.9 Å². The molecule has 5 N–H and O–H groups in total. The Labute approximate surface area is 179 Å². The van der Waals surface area contributed by atoms with Crippen LogP contribution in [0.3, 0.4) is 0 Å². The first-order chi connectivity index (χ1) is 14.3. The molecule has 8 heteroatoms. The summed E-state index contributed by atoms with van der Waals surface area (Å²) in [6.07, 6.45) is 3.08. The number of phenolic OH excluding ortho intramolecular Hbond substituents is 1. The molecule has 0 saturated heterocycles. The molecule has 170 valence electrons. The average Bonchev–Trinajstić information content (AvgIpc) is 2.72. The molecule has 1 aromatic carbocycles. The molecule has 0 heterocycles. The second kappa shape index (κ2) is 13.7. The van der Waals surface area contributed by atoms with E-state index in [4.69, 9.17) is 15.2 Å². The Balaban J connectivity index is 2.56. The van der Waals surface area contributed by atoms with Gasteiger partial charge in [-0.05, 0) is 49.3 Å². The van der Waals surface area contributed by atoms with Gasteiger partial charge in [-0.1, -0.05) is 19.4 Å². The van der Waals surface area contributed by atoms with E-state index in [-0.39, 0.29) is 17.8 Å². The van der Waals surface area contributed by atoms with Crippen molar-refractivity contribution in [3.63, 3.8) is 0 Å². The number of guanidine groups is 1. The number of esters is 1. The highest BCUT2D eigenvalue weighted by atomic mass is 16.5. The smallest absolute Gasteiger partial charge is 0.302 e. The van der Waals surface area contributed by atoms with E-state index < -0.39 is 6.10 Å². The van der Waals surface area contributed by atoms with Gasteiger partial charge < -0.3 is 30.7 Å². The number of aryl methyl sites for hydroxylation is 1. The Bertz CT molecular complexity index is 681. The number of carbonyl (C=O) groups excluding carboxylic acids is 1. The number of hydrogen-bond acceptors (Lipinski definition) is 6. The van der Waals surface area contributed by atoms with Gasteiger partial charge in [0.2, 0.25) is 0 Å². The molecule has 1 rings (SSSR count). The Kier molecular flexibility index (Phi) is 11.7. The van der Waals surface area contributed by atoms with Gasteiger partial charge in [0.15, 0.2) is 17.5 Å². The molecule has 8 nitrogen and oxygen atoms in total. The van der Waals surface area contributed by atoms with Crippen LogP contribution >= 0.6 is 0 Å². The molecular weight excluding hydrogens is 386 g/mol. The number of phenols is 1. The lowest BCUT2D eigenvalue weighted by Gasteiger charge is -2.22. The molecule has 0 fully saturated rings. The van der Waals surface area contributed by atoms with Crippen LogP contribution in [-0.4, -0.2) is 55.1 Å². The van der Waals surface area contributed by atoms with E-state index >= 15 is 0 Å². The molecule has 0 bridgehead atoms. The van der Waals surface area contributed by atoms with Crippen molar-refractivity contribution < 1.29 is 24.5 Å². The SMILES string of the molecule is CC[C@H](CC[C@H](O)C[C@@H](CCc1ccc(O)c(OC)c1)OC(C)=O)CNC(N)=NC. The van der Waals surface area contributed by atoms with E-state index in [0.717, 1.165) is 18.4 Å². The molecule has 0 aliphatic rings. The van der Waals surface area contributed by atoms with Gasteiger partial charge in [-0.15, -0.1) is 0 Å². The number of aliphatic hydroxyl groups is 1. The molecule has 1 aromatic rings. The zero-order chi connectivity index (χ0) is 22.5. The standard InChI is InChI=1S/C22H37N3O5/c1-5-16(14-25-22(23)24-3)6-9-18(27)13-19(30-15(2)26)10-7-17-8-11-20(28)21(12-17)29-4/h8,11-12,16,18-19,27-28H,5-7,9-10,13-14H2,1-4H3,(H3,23,24,25)/t16-,18+,19-/m1/s1. The monoisotopic (exact) mass is 423 g/mol. The number of methoxy groups -OCH3 is 1. The Morgan fingerprint density at radius 2 is 2.03 bits per heavy atom. The maximum Gasteiger partial charge on any atom is 0.302 e. The fraction of sp³-hybridized carbons (Fsp3) is 0.636.